The van der Waals surface area contributed by atoms with Gasteiger partial charge in [-0.2, -0.15) is 0 Å². The standard InChI is InChI=1S/C13H31B2O6P/c1-10(2)18-8-13(7-15)21-22(16,17-5)19-9-12(6-14)20-11(3)4/h10-13H,6-9,14-15H2,1-5H3/t12-,13?,22?/m1/s1. The molecule has 0 aliphatic rings. The molecule has 0 saturated carbocycles. The molecule has 0 fully saturated rings. The maximum Gasteiger partial charge on any atom is 0.474 e. The lowest BCUT2D eigenvalue weighted by Gasteiger charge is -2.25. The van der Waals surface area contributed by atoms with Crippen LogP contribution in [0.5, 0.6) is 0 Å². The van der Waals surface area contributed by atoms with Gasteiger partial charge in [0.15, 0.2) is 0 Å². The molecule has 6 nitrogen and oxygen atoms in total. The zero-order chi connectivity index (χ0) is 17.2. The molecule has 0 rings (SSSR count). The Hall–Kier alpha value is 0.160. The van der Waals surface area contributed by atoms with Gasteiger partial charge < -0.3 is 9.47 Å². The largest absolute Gasteiger partial charge is 0.474 e. The summed E-state index contributed by atoms with van der Waals surface area (Å²) in [4.78, 5) is 0. The van der Waals surface area contributed by atoms with Gasteiger partial charge >= 0.3 is 7.82 Å². The van der Waals surface area contributed by atoms with E-state index in [1.165, 1.54) is 7.11 Å². The Labute approximate surface area is 137 Å². The van der Waals surface area contributed by atoms with Crippen LogP contribution in [0, 0.1) is 0 Å². The summed E-state index contributed by atoms with van der Waals surface area (Å²) in [5, 5.41) is 0. The molecule has 0 heterocycles. The number of ether oxygens (including phenoxy) is 2. The molecular weight excluding hydrogens is 305 g/mol. The minimum Gasteiger partial charge on any atom is -0.376 e. The highest BCUT2D eigenvalue weighted by Crippen LogP contribution is 2.50. The van der Waals surface area contributed by atoms with Gasteiger partial charge in [-0.05, 0) is 27.7 Å². The SMILES string of the molecule is BCC(COC(C)C)OP(=O)(OC)OC[C@@H](CB)OC(C)C. The van der Waals surface area contributed by atoms with Gasteiger partial charge in [-0.25, -0.2) is 4.57 Å². The van der Waals surface area contributed by atoms with E-state index in [-0.39, 0.29) is 31.0 Å². The van der Waals surface area contributed by atoms with Gasteiger partial charge in [-0.3, -0.25) is 13.6 Å². The molecule has 0 radical (unpaired) electrons. The first-order valence-corrected chi connectivity index (χ1v) is 9.48. The summed E-state index contributed by atoms with van der Waals surface area (Å²) < 4.78 is 39.6. The fraction of sp³-hybridized carbons (Fsp3) is 1.00. The van der Waals surface area contributed by atoms with Crippen LogP contribution in [0.25, 0.3) is 0 Å². The summed E-state index contributed by atoms with van der Waals surface area (Å²) in [7, 11) is 1.64. The van der Waals surface area contributed by atoms with Gasteiger partial charge in [0.05, 0.1) is 37.6 Å². The maximum absolute atomic E-state index is 12.5. The van der Waals surface area contributed by atoms with Crippen molar-refractivity contribution < 1.29 is 27.6 Å². The molecule has 2 unspecified atom stereocenters. The third-order valence-electron chi connectivity index (χ3n) is 2.91. The first-order chi connectivity index (χ1) is 10.3. The lowest BCUT2D eigenvalue weighted by molar-refractivity contribution is -0.0262. The monoisotopic (exact) mass is 336 g/mol. The van der Waals surface area contributed by atoms with Crippen LogP contribution >= 0.6 is 7.82 Å². The van der Waals surface area contributed by atoms with Crippen LogP contribution in [0.3, 0.4) is 0 Å². The molecule has 22 heavy (non-hydrogen) atoms. The molecule has 130 valence electrons. The highest BCUT2D eigenvalue weighted by Gasteiger charge is 2.30. The molecule has 0 aliphatic heterocycles. The zero-order valence-electron chi connectivity index (χ0n) is 15.0. The predicted octanol–water partition coefficient (Wildman–Crippen LogP) is 1.46. The van der Waals surface area contributed by atoms with E-state index in [0.29, 0.717) is 12.9 Å². The van der Waals surface area contributed by atoms with Crippen molar-refractivity contribution in [1.29, 1.82) is 0 Å². The second kappa shape index (κ2) is 11.7. The second-order valence-corrected chi connectivity index (χ2v) is 7.39. The van der Waals surface area contributed by atoms with Crippen LogP contribution in [0.1, 0.15) is 27.7 Å². The van der Waals surface area contributed by atoms with E-state index in [9.17, 15) is 4.57 Å². The number of rotatable bonds is 13. The Bertz CT molecular complexity index is 330. The van der Waals surface area contributed by atoms with E-state index in [1.807, 2.05) is 43.4 Å². The molecule has 0 saturated heterocycles. The molecule has 0 aromatic rings. The summed E-state index contributed by atoms with van der Waals surface area (Å²) in [6, 6.07) is 0. The first kappa shape index (κ1) is 22.2. The van der Waals surface area contributed by atoms with Gasteiger partial charge in [0, 0.05) is 7.11 Å². The second-order valence-electron chi connectivity index (χ2n) is 5.66. The smallest absolute Gasteiger partial charge is 0.376 e. The van der Waals surface area contributed by atoms with Crippen LogP contribution in [0.15, 0.2) is 0 Å². The summed E-state index contributed by atoms with van der Waals surface area (Å²) in [6.45, 7) is 8.30. The Kier molecular flexibility index (Phi) is 11.7. The van der Waals surface area contributed by atoms with Gasteiger partial charge in [-0.15, -0.1) is 0 Å². The normalized spacial score (nSPS) is 17.6. The van der Waals surface area contributed by atoms with Crippen molar-refractivity contribution in [1.82, 2.24) is 0 Å². The molecule has 0 bridgehead atoms. The maximum atomic E-state index is 12.5. The summed E-state index contributed by atoms with van der Waals surface area (Å²) in [5.41, 5.74) is 0. The van der Waals surface area contributed by atoms with Gasteiger partial charge in [0.1, 0.15) is 15.7 Å². The van der Waals surface area contributed by atoms with Crippen LogP contribution in [0.4, 0.5) is 0 Å². The number of phosphoric ester groups is 1. The molecule has 0 aromatic carbocycles. The Morgan fingerprint density at radius 1 is 0.955 bits per heavy atom. The fourth-order valence-electron chi connectivity index (χ4n) is 1.64. The van der Waals surface area contributed by atoms with E-state index in [4.69, 9.17) is 23.0 Å². The molecule has 9 heteroatoms. The number of hydrogen-bond donors (Lipinski definition) is 0. The van der Waals surface area contributed by atoms with E-state index in [2.05, 4.69) is 0 Å². The van der Waals surface area contributed by atoms with Crippen molar-refractivity contribution in [2.45, 2.75) is 64.8 Å². The van der Waals surface area contributed by atoms with Crippen molar-refractivity contribution >= 4 is 23.5 Å². The average molecular weight is 336 g/mol. The van der Waals surface area contributed by atoms with Crippen molar-refractivity contribution in [3.05, 3.63) is 0 Å². The van der Waals surface area contributed by atoms with E-state index in [0.717, 1.165) is 6.32 Å². The Morgan fingerprint density at radius 3 is 1.95 bits per heavy atom. The summed E-state index contributed by atoms with van der Waals surface area (Å²) in [5.74, 6) is 0. The van der Waals surface area contributed by atoms with E-state index < -0.39 is 7.82 Å². The van der Waals surface area contributed by atoms with Crippen molar-refractivity contribution in [3.8, 4) is 0 Å². The van der Waals surface area contributed by atoms with Crippen LogP contribution in [0.2, 0.25) is 12.6 Å². The van der Waals surface area contributed by atoms with Gasteiger partial charge in [0.25, 0.3) is 0 Å². The van der Waals surface area contributed by atoms with Crippen molar-refractivity contribution in [2.24, 2.45) is 0 Å². The lowest BCUT2D eigenvalue weighted by atomic mass is 10.00. The average Bonchev–Trinajstić information content (AvgIpc) is 2.47. The quantitative estimate of drug-likeness (QED) is 0.375. The van der Waals surface area contributed by atoms with Gasteiger partial charge in [0.2, 0.25) is 0 Å². The topological polar surface area (TPSA) is 63.2 Å². The highest BCUT2D eigenvalue weighted by molar-refractivity contribution is 7.48. The molecule has 0 aliphatic carbocycles. The first-order valence-electron chi connectivity index (χ1n) is 8.02. The third-order valence-corrected chi connectivity index (χ3v) is 4.38. The predicted molar refractivity (Wildman–Crippen MR) is 93.2 cm³/mol. The third kappa shape index (κ3) is 10.0. The number of hydrogen-bond acceptors (Lipinski definition) is 6. The Balaban J connectivity index is 4.50. The molecule has 0 amide bonds. The molecule has 3 atom stereocenters. The summed E-state index contributed by atoms with van der Waals surface area (Å²) >= 11 is 0. The zero-order valence-corrected chi connectivity index (χ0v) is 15.9. The number of phosphoric acid groups is 1. The van der Waals surface area contributed by atoms with Gasteiger partial charge in [-0.1, -0.05) is 12.6 Å². The Morgan fingerprint density at radius 2 is 1.55 bits per heavy atom. The summed E-state index contributed by atoms with van der Waals surface area (Å²) in [6.07, 6.45) is 1.11. The molecular formula is C13H31B2O6P. The minimum atomic E-state index is -3.60. The van der Waals surface area contributed by atoms with Crippen LogP contribution in [-0.4, -0.2) is 60.4 Å². The fourth-order valence-corrected chi connectivity index (χ4v) is 2.82. The highest BCUT2D eigenvalue weighted by atomic mass is 31.2. The van der Waals surface area contributed by atoms with E-state index in [1.54, 1.807) is 0 Å². The molecule has 0 aromatic heterocycles. The molecule has 0 spiro atoms. The van der Waals surface area contributed by atoms with E-state index >= 15 is 0 Å². The van der Waals surface area contributed by atoms with Crippen LogP contribution < -0.4 is 0 Å². The molecule has 0 N–H and O–H groups in total. The minimum absolute atomic E-state index is 0.0826. The van der Waals surface area contributed by atoms with Crippen molar-refractivity contribution in [2.75, 3.05) is 20.3 Å². The van der Waals surface area contributed by atoms with Crippen molar-refractivity contribution in [3.63, 3.8) is 0 Å². The lowest BCUT2D eigenvalue weighted by Crippen LogP contribution is -2.25. The van der Waals surface area contributed by atoms with Crippen LogP contribution in [-0.2, 0) is 27.6 Å².